The first-order chi connectivity index (χ1) is 7.43. The van der Waals surface area contributed by atoms with E-state index in [1.807, 2.05) is 18.5 Å². The fraction of sp³-hybridized carbons (Fsp3) is 0.462. The Morgan fingerprint density at radius 1 is 1.40 bits per heavy atom. The second-order valence-corrected chi connectivity index (χ2v) is 4.52. The normalized spacial score (nSPS) is 29.7. The molecule has 1 aromatic rings. The molecule has 1 saturated heterocycles. The summed E-state index contributed by atoms with van der Waals surface area (Å²) in [6, 6.07) is 4.80. The molecule has 2 heterocycles. The fourth-order valence-electron chi connectivity index (χ4n) is 2.74. The molecule has 1 aliphatic heterocycles. The van der Waals surface area contributed by atoms with Gasteiger partial charge in [-0.15, -0.1) is 0 Å². The van der Waals surface area contributed by atoms with Crippen LogP contribution in [0.2, 0.25) is 0 Å². The first-order valence-corrected chi connectivity index (χ1v) is 5.78. The molecular formula is C13H16N2. The van der Waals surface area contributed by atoms with Gasteiger partial charge >= 0.3 is 0 Å². The molecule has 2 aliphatic rings. The van der Waals surface area contributed by atoms with Crippen molar-refractivity contribution in [1.82, 2.24) is 10.3 Å². The van der Waals surface area contributed by atoms with Crippen molar-refractivity contribution in [1.29, 1.82) is 0 Å². The van der Waals surface area contributed by atoms with E-state index in [0.717, 1.165) is 5.92 Å². The monoisotopic (exact) mass is 200 g/mol. The Morgan fingerprint density at radius 3 is 3.20 bits per heavy atom. The van der Waals surface area contributed by atoms with Gasteiger partial charge in [-0.2, -0.15) is 0 Å². The van der Waals surface area contributed by atoms with Gasteiger partial charge in [-0.05, 0) is 48.9 Å². The van der Waals surface area contributed by atoms with E-state index in [4.69, 9.17) is 0 Å². The van der Waals surface area contributed by atoms with E-state index in [1.165, 1.54) is 36.9 Å². The molecule has 0 saturated carbocycles. The Kier molecular flexibility index (Phi) is 2.29. The predicted molar refractivity (Wildman–Crippen MR) is 61.3 cm³/mol. The molecule has 0 amide bonds. The molecule has 1 N–H and O–H groups in total. The standard InChI is InChI=1S/C13H16N2/c1-4-11(9-14-5-1)12-7-10-3-2-6-15-13(10)8-12/h1,4-5,8-10,13,15H,2-3,6-7H2. The van der Waals surface area contributed by atoms with Crippen molar-refractivity contribution in [3.05, 3.63) is 36.2 Å². The first kappa shape index (κ1) is 9.10. The van der Waals surface area contributed by atoms with Crippen LogP contribution in [-0.2, 0) is 0 Å². The Balaban J connectivity index is 1.84. The number of nitrogens with one attached hydrogen (secondary N) is 1. The van der Waals surface area contributed by atoms with Crippen LogP contribution in [0.5, 0.6) is 0 Å². The molecule has 1 aliphatic carbocycles. The van der Waals surface area contributed by atoms with Crippen LogP contribution in [0.4, 0.5) is 0 Å². The van der Waals surface area contributed by atoms with Gasteiger partial charge in [0, 0.05) is 18.4 Å². The summed E-state index contributed by atoms with van der Waals surface area (Å²) < 4.78 is 0. The average Bonchev–Trinajstić information content (AvgIpc) is 2.74. The molecule has 2 nitrogen and oxygen atoms in total. The van der Waals surface area contributed by atoms with Crippen molar-refractivity contribution in [3.63, 3.8) is 0 Å². The zero-order valence-corrected chi connectivity index (χ0v) is 8.82. The second-order valence-electron chi connectivity index (χ2n) is 4.52. The van der Waals surface area contributed by atoms with Crippen molar-refractivity contribution >= 4 is 5.57 Å². The Morgan fingerprint density at radius 2 is 2.40 bits per heavy atom. The summed E-state index contributed by atoms with van der Waals surface area (Å²) in [6.07, 6.45) is 10.1. The van der Waals surface area contributed by atoms with E-state index in [2.05, 4.69) is 22.4 Å². The molecule has 15 heavy (non-hydrogen) atoms. The van der Waals surface area contributed by atoms with Crippen LogP contribution in [0.25, 0.3) is 5.57 Å². The van der Waals surface area contributed by atoms with Crippen molar-refractivity contribution in [2.75, 3.05) is 6.54 Å². The minimum absolute atomic E-state index is 0.619. The topological polar surface area (TPSA) is 24.9 Å². The van der Waals surface area contributed by atoms with Crippen LogP contribution in [0.1, 0.15) is 24.8 Å². The Bertz CT molecular complexity index is 369. The highest BCUT2D eigenvalue weighted by Gasteiger charge is 2.29. The van der Waals surface area contributed by atoms with Crippen molar-refractivity contribution < 1.29 is 0 Å². The largest absolute Gasteiger partial charge is 0.310 e. The van der Waals surface area contributed by atoms with Gasteiger partial charge in [0.25, 0.3) is 0 Å². The summed E-state index contributed by atoms with van der Waals surface area (Å²) in [6.45, 7) is 1.18. The molecular weight excluding hydrogens is 184 g/mol. The highest BCUT2D eigenvalue weighted by Crippen LogP contribution is 2.36. The summed E-state index contributed by atoms with van der Waals surface area (Å²) >= 11 is 0. The maximum Gasteiger partial charge on any atom is 0.0342 e. The summed E-state index contributed by atoms with van der Waals surface area (Å²) in [4.78, 5) is 4.19. The molecule has 0 radical (unpaired) electrons. The fourth-order valence-corrected chi connectivity index (χ4v) is 2.74. The molecule has 0 bridgehead atoms. The number of piperidine rings is 1. The van der Waals surface area contributed by atoms with Gasteiger partial charge in [0.05, 0.1) is 0 Å². The number of nitrogens with zero attached hydrogens (tertiary/aromatic N) is 1. The summed E-state index contributed by atoms with van der Waals surface area (Å²) in [5, 5.41) is 3.58. The third kappa shape index (κ3) is 1.70. The van der Waals surface area contributed by atoms with E-state index >= 15 is 0 Å². The van der Waals surface area contributed by atoms with Crippen molar-refractivity contribution in [2.45, 2.75) is 25.3 Å². The van der Waals surface area contributed by atoms with Gasteiger partial charge in [-0.25, -0.2) is 0 Å². The summed E-state index contributed by atoms with van der Waals surface area (Å²) in [5.74, 6) is 0.828. The second kappa shape index (κ2) is 3.78. The maximum absolute atomic E-state index is 4.19. The molecule has 1 fully saturated rings. The Hall–Kier alpha value is -1.15. The number of hydrogen-bond donors (Lipinski definition) is 1. The van der Waals surface area contributed by atoms with Crippen LogP contribution in [0, 0.1) is 5.92 Å². The van der Waals surface area contributed by atoms with Gasteiger partial charge < -0.3 is 5.32 Å². The van der Waals surface area contributed by atoms with Gasteiger partial charge in [0.15, 0.2) is 0 Å². The lowest BCUT2D eigenvalue weighted by molar-refractivity contribution is 0.341. The van der Waals surface area contributed by atoms with Crippen LogP contribution in [0.3, 0.4) is 0 Å². The van der Waals surface area contributed by atoms with E-state index in [-0.39, 0.29) is 0 Å². The van der Waals surface area contributed by atoms with Crippen molar-refractivity contribution in [2.24, 2.45) is 5.92 Å². The van der Waals surface area contributed by atoms with Crippen LogP contribution < -0.4 is 5.32 Å². The zero-order valence-electron chi connectivity index (χ0n) is 8.82. The number of rotatable bonds is 1. The van der Waals surface area contributed by atoms with Gasteiger partial charge in [-0.1, -0.05) is 12.1 Å². The highest BCUT2D eigenvalue weighted by molar-refractivity contribution is 5.68. The molecule has 0 aromatic carbocycles. The minimum atomic E-state index is 0.619. The third-order valence-corrected chi connectivity index (χ3v) is 3.53. The molecule has 78 valence electrons. The lowest BCUT2D eigenvalue weighted by Gasteiger charge is -2.25. The number of allylic oxidation sites excluding steroid dienone is 1. The smallest absolute Gasteiger partial charge is 0.0342 e. The van der Waals surface area contributed by atoms with Crippen LogP contribution in [0.15, 0.2) is 30.6 Å². The average molecular weight is 200 g/mol. The molecule has 0 spiro atoms. The summed E-state index contributed by atoms with van der Waals surface area (Å²) in [5.41, 5.74) is 2.78. The molecule has 2 atom stereocenters. The van der Waals surface area contributed by atoms with E-state index in [0.29, 0.717) is 6.04 Å². The van der Waals surface area contributed by atoms with E-state index < -0.39 is 0 Å². The zero-order chi connectivity index (χ0) is 10.1. The number of aromatic nitrogens is 1. The molecule has 1 aromatic heterocycles. The van der Waals surface area contributed by atoms with Gasteiger partial charge in [0.2, 0.25) is 0 Å². The van der Waals surface area contributed by atoms with Gasteiger partial charge in [-0.3, -0.25) is 4.98 Å². The lowest BCUT2D eigenvalue weighted by atomic mass is 9.92. The molecule has 2 heteroatoms. The van der Waals surface area contributed by atoms with Gasteiger partial charge in [0.1, 0.15) is 0 Å². The number of fused-ring (bicyclic) bond motifs is 1. The lowest BCUT2D eigenvalue weighted by Crippen LogP contribution is -2.37. The Labute approximate surface area is 90.4 Å². The third-order valence-electron chi connectivity index (χ3n) is 3.53. The van der Waals surface area contributed by atoms with Crippen molar-refractivity contribution in [3.8, 4) is 0 Å². The van der Waals surface area contributed by atoms with E-state index in [1.54, 1.807) is 0 Å². The van der Waals surface area contributed by atoms with E-state index in [9.17, 15) is 0 Å². The molecule has 2 unspecified atom stereocenters. The first-order valence-electron chi connectivity index (χ1n) is 5.78. The quantitative estimate of drug-likeness (QED) is 0.752. The predicted octanol–water partition coefficient (Wildman–Crippen LogP) is 2.24. The SMILES string of the molecule is C1=C(c2cccnc2)CC2CCCNC12. The molecule has 3 rings (SSSR count). The van der Waals surface area contributed by atoms with Crippen LogP contribution in [-0.4, -0.2) is 17.6 Å². The summed E-state index contributed by atoms with van der Waals surface area (Å²) in [7, 11) is 0. The van der Waals surface area contributed by atoms with Crippen LogP contribution >= 0.6 is 0 Å². The maximum atomic E-state index is 4.19. The number of pyridine rings is 1. The number of hydrogen-bond acceptors (Lipinski definition) is 2. The highest BCUT2D eigenvalue weighted by atomic mass is 14.9. The minimum Gasteiger partial charge on any atom is -0.310 e.